The van der Waals surface area contributed by atoms with Crippen molar-refractivity contribution in [2.75, 3.05) is 40.4 Å². The predicted octanol–water partition coefficient (Wildman–Crippen LogP) is -1.75. The van der Waals surface area contributed by atoms with E-state index in [0.717, 1.165) is 4.31 Å². The molecular weight excluding hydrogens is 272 g/mol. The monoisotopic (exact) mass is 296 g/mol. The van der Waals surface area contributed by atoms with E-state index >= 15 is 0 Å². The Kier molecular flexibility index (Phi) is 8.85. The predicted molar refractivity (Wildman–Crippen MR) is 72.7 cm³/mol. The molecule has 19 heavy (non-hydrogen) atoms. The SMILES string of the molecule is COCCNC(=O)C(C)NS(=O)(=O)N(C)CCCN. The Morgan fingerprint density at radius 3 is 2.63 bits per heavy atom. The van der Waals surface area contributed by atoms with E-state index in [1.165, 1.54) is 21.1 Å². The molecule has 0 bridgehead atoms. The fraction of sp³-hybridized carbons (Fsp3) is 0.900. The van der Waals surface area contributed by atoms with Gasteiger partial charge in [-0.05, 0) is 19.9 Å². The lowest BCUT2D eigenvalue weighted by Gasteiger charge is -2.20. The Hall–Kier alpha value is -0.740. The fourth-order valence-electron chi connectivity index (χ4n) is 1.23. The molecule has 0 aromatic carbocycles. The first-order valence-corrected chi connectivity index (χ1v) is 7.49. The maximum Gasteiger partial charge on any atom is 0.279 e. The van der Waals surface area contributed by atoms with E-state index in [1.54, 1.807) is 0 Å². The molecule has 0 heterocycles. The average Bonchev–Trinajstić information content (AvgIpc) is 2.35. The highest BCUT2D eigenvalue weighted by Crippen LogP contribution is 1.97. The Bertz CT molecular complexity index is 361. The van der Waals surface area contributed by atoms with Crippen LogP contribution in [0.4, 0.5) is 0 Å². The number of hydrogen-bond donors (Lipinski definition) is 3. The highest BCUT2D eigenvalue weighted by molar-refractivity contribution is 7.87. The van der Waals surface area contributed by atoms with Crippen LogP contribution in [0.15, 0.2) is 0 Å². The molecule has 4 N–H and O–H groups in total. The molecule has 0 saturated carbocycles. The van der Waals surface area contributed by atoms with Gasteiger partial charge < -0.3 is 15.8 Å². The van der Waals surface area contributed by atoms with Crippen molar-refractivity contribution < 1.29 is 17.9 Å². The van der Waals surface area contributed by atoms with Crippen molar-refractivity contribution >= 4 is 16.1 Å². The third-order valence-electron chi connectivity index (χ3n) is 2.41. The first-order chi connectivity index (χ1) is 8.85. The maximum atomic E-state index is 11.9. The van der Waals surface area contributed by atoms with Crippen LogP contribution in [-0.2, 0) is 19.7 Å². The van der Waals surface area contributed by atoms with Gasteiger partial charge in [-0.2, -0.15) is 17.4 Å². The smallest absolute Gasteiger partial charge is 0.279 e. The highest BCUT2D eigenvalue weighted by Gasteiger charge is 2.23. The molecule has 0 rings (SSSR count). The van der Waals surface area contributed by atoms with Gasteiger partial charge in [-0.15, -0.1) is 0 Å². The van der Waals surface area contributed by atoms with Gasteiger partial charge in [-0.1, -0.05) is 0 Å². The van der Waals surface area contributed by atoms with Gasteiger partial charge in [0.15, 0.2) is 0 Å². The van der Waals surface area contributed by atoms with Crippen molar-refractivity contribution in [3.8, 4) is 0 Å². The van der Waals surface area contributed by atoms with Crippen LogP contribution in [-0.4, -0.2) is 65.1 Å². The van der Waals surface area contributed by atoms with Gasteiger partial charge in [0.2, 0.25) is 5.91 Å². The molecule has 0 aliphatic carbocycles. The fourth-order valence-corrected chi connectivity index (χ4v) is 2.33. The second-order valence-corrected chi connectivity index (χ2v) is 5.90. The van der Waals surface area contributed by atoms with Crippen LogP contribution in [0.25, 0.3) is 0 Å². The lowest BCUT2D eigenvalue weighted by molar-refractivity contribution is -0.122. The van der Waals surface area contributed by atoms with Crippen LogP contribution in [0.3, 0.4) is 0 Å². The van der Waals surface area contributed by atoms with Gasteiger partial charge in [-0.3, -0.25) is 4.79 Å². The number of nitrogens with zero attached hydrogens (tertiary/aromatic N) is 1. The minimum Gasteiger partial charge on any atom is -0.383 e. The molecule has 9 heteroatoms. The van der Waals surface area contributed by atoms with Crippen LogP contribution in [0.5, 0.6) is 0 Å². The number of methoxy groups -OCH3 is 1. The summed E-state index contributed by atoms with van der Waals surface area (Å²) in [6, 6.07) is -0.845. The van der Waals surface area contributed by atoms with E-state index in [9.17, 15) is 13.2 Å². The Morgan fingerprint density at radius 1 is 1.47 bits per heavy atom. The molecular formula is C10H24N4O4S. The molecule has 0 fully saturated rings. The summed E-state index contributed by atoms with van der Waals surface area (Å²) in [4.78, 5) is 11.6. The van der Waals surface area contributed by atoms with Gasteiger partial charge >= 0.3 is 0 Å². The Morgan fingerprint density at radius 2 is 2.11 bits per heavy atom. The molecule has 0 radical (unpaired) electrons. The van der Waals surface area contributed by atoms with Gasteiger partial charge in [0.1, 0.15) is 0 Å². The number of rotatable bonds is 10. The van der Waals surface area contributed by atoms with Gasteiger partial charge in [0.05, 0.1) is 12.6 Å². The van der Waals surface area contributed by atoms with E-state index in [-0.39, 0.29) is 0 Å². The minimum atomic E-state index is -3.67. The number of nitrogens with one attached hydrogen (secondary N) is 2. The van der Waals surface area contributed by atoms with Crippen LogP contribution in [0, 0.1) is 0 Å². The molecule has 0 aromatic heterocycles. The van der Waals surface area contributed by atoms with Gasteiger partial charge in [0, 0.05) is 27.2 Å². The van der Waals surface area contributed by atoms with Crippen LogP contribution >= 0.6 is 0 Å². The topological polar surface area (TPSA) is 114 Å². The van der Waals surface area contributed by atoms with E-state index < -0.39 is 22.2 Å². The first kappa shape index (κ1) is 18.3. The van der Waals surface area contributed by atoms with Gasteiger partial charge in [0.25, 0.3) is 10.2 Å². The zero-order valence-corrected chi connectivity index (χ0v) is 12.5. The zero-order chi connectivity index (χ0) is 14.9. The molecule has 0 spiro atoms. The van der Waals surface area contributed by atoms with E-state index in [0.29, 0.717) is 32.7 Å². The van der Waals surface area contributed by atoms with Crippen molar-refractivity contribution in [1.82, 2.24) is 14.3 Å². The van der Waals surface area contributed by atoms with Crippen molar-refractivity contribution in [2.24, 2.45) is 5.73 Å². The summed E-state index contributed by atoms with van der Waals surface area (Å²) in [5.41, 5.74) is 5.32. The van der Waals surface area contributed by atoms with Crippen LogP contribution < -0.4 is 15.8 Å². The third kappa shape index (κ3) is 7.43. The summed E-state index contributed by atoms with van der Waals surface area (Å²) < 4.78 is 31.9. The standard InChI is InChI=1S/C10H24N4O4S/c1-9(10(15)12-6-8-18-3)13-19(16,17)14(2)7-4-5-11/h9,13H,4-8,11H2,1-3H3,(H,12,15). The Balaban J connectivity index is 4.28. The molecule has 1 atom stereocenters. The largest absolute Gasteiger partial charge is 0.383 e. The minimum absolute atomic E-state index is 0.309. The molecule has 114 valence electrons. The number of amides is 1. The van der Waals surface area contributed by atoms with Gasteiger partial charge in [-0.25, -0.2) is 0 Å². The summed E-state index contributed by atoms with van der Waals surface area (Å²) in [6.07, 6.45) is 0.561. The Labute approximate surface area is 114 Å². The molecule has 1 unspecified atom stereocenters. The molecule has 0 saturated heterocycles. The van der Waals surface area contributed by atoms with E-state index in [2.05, 4.69) is 10.0 Å². The van der Waals surface area contributed by atoms with Crippen LogP contribution in [0.1, 0.15) is 13.3 Å². The van der Waals surface area contributed by atoms with Crippen molar-refractivity contribution in [3.63, 3.8) is 0 Å². The van der Waals surface area contributed by atoms with Crippen LogP contribution in [0.2, 0.25) is 0 Å². The number of hydrogen-bond acceptors (Lipinski definition) is 5. The summed E-state index contributed by atoms with van der Waals surface area (Å²) in [5.74, 6) is -0.396. The van der Waals surface area contributed by atoms with Crippen molar-refractivity contribution in [1.29, 1.82) is 0 Å². The van der Waals surface area contributed by atoms with E-state index in [1.807, 2.05) is 0 Å². The van der Waals surface area contributed by atoms with Crippen molar-refractivity contribution in [2.45, 2.75) is 19.4 Å². The molecule has 0 aliphatic heterocycles. The average molecular weight is 296 g/mol. The van der Waals surface area contributed by atoms with Crippen molar-refractivity contribution in [3.05, 3.63) is 0 Å². The summed E-state index contributed by atoms with van der Waals surface area (Å²) in [6.45, 7) is 2.92. The number of ether oxygens (including phenoxy) is 1. The molecule has 8 nitrogen and oxygen atoms in total. The third-order valence-corrected chi connectivity index (χ3v) is 4.07. The highest BCUT2D eigenvalue weighted by atomic mass is 32.2. The molecule has 0 aromatic rings. The maximum absolute atomic E-state index is 11.9. The lowest BCUT2D eigenvalue weighted by Crippen LogP contribution is -2.49. The molecule has 0 aliphatic rings. The summed E-state index contributed by atoms with van der Waals surface area (Å²) >= 11 is 0. The summed E-state index contributed by atoms with van der Waals surface area (Å²) in [5, 5.41) is 2.56. The quantitative estimate of drug-likeness (QED) is 0.414. The number of carbonyl (C=O) groups excluding carboxylic acids is 1. The normalized spacial score (nSPS) is 13.5. The summed E-state index contributed by atoms with van der Waals surface area (Å²) in [7, 11) is -0.715. The first-order valence-electron chi connectivity index (χ1n) is 6.05. The second-order valence-electron chi connectivity index (χ2n) is 4.09. The number of carbonyl (C=O) groups is 1. The second kappa shape index (κ2) is 9.21. The zero-order valence-electron chi connectivity index (χ0n) is 11.7. The lowest BCUT2D eigenvalue weighted by atomic mass is 10.3. The molecule has 1 amide bonds. The van der Waals surface area contributed by atoms with E-state index in [4.69, 9.17) is 10.5 Å². The number of nitrogens with two attached hydrogens (primary N) is 1.